The largest absolute Gasteiger partial charge is 0.399 e. The number of sulfonamides is 1. The lowest BCUT2D eigenvalue weighted by Crippen LogP contribution is -2.27. The van der Waals surface area contributed by atoms with Crippen LogP contribution >= 0.6 is 0 Å². The molecule has 1 aliphatic heterocycles. The van der Waals surface area contributed by atoms with E-state index in [9.17, 15) is 8.42 Å². The summed E-state index contributed by atoms with van der Waals surface area (Å²) >= 11 is 0. The summed E-state index contributed by atoms with van der Waals surface area (Å²) in [5.41, 5.74) is 6.51. The Hall–Kier alpha value is -1.35. The molecule has 1 fully saturated rings. The molecule has 112 valence electrons. The van der Waals surface area contributed by atoms with Gasteiger partial charge in [0, 0.05) is 33.0 Å². The zero-order chi connectivity index (χ0) is 14.9. The molecule has 1 heterocycles. The first-order valence-corrected chi connectivity index (χ1v) is 7.64. The van der Waals surface area contributed by atoms with E-state index < -0.39 is 10.0 Å². The Morgan fingerprint density at radius 2 is 1.75 bits per heavy atom. The number of rotatable bonds is 4. The number of anilines is 2. The van der Waals surface area contributed by atoms with Crippen LogP contribution in [0.3, 0.4) is 0 Å². The highest BCUT2D eigenvalue weighted by atomic mass is 32.2. The minimum atomic E-state index is -3.85. The van der Waals surface area contributed by atoms with E-state index >= 15 is 0 Å². The van der Waals surface area contributed by atoms with Gasteiger partial charge in [-0.1, -0.05) is 0 Å². The van der Waals surface area contributed by atoms with E-state index in [1.165, 1.54) is 6.07 Å². The average molecular weight is 301 g/mol. The molecule has 0 saturated carbocycles. The third-order valence-electron chi connectivity index (χ3n) is 3.45. The molecule has 1 aliphatic rings. The summed E-state index contributed by atoms with van der Waals surface area (Å²) in [7, 11) is -0.643. The summed E-state index contributed by atoms with van der Waals surface area (Å²) in [5, 5.41) is 5.26. The van der Waals surface area contributed by atoms with Crippen LogP contribution in [0.15, 0.2) is 23.1 Å². The molecule has 1 aromatic carbocycles. The van der Waals surface area contributed by atoms with E-state index in [0.717, 1.165) is 0 Å². The Kier molecular flexibility index (Phi) is 4.19. The van der Waals surface area contributed by atoms with Crippen molar-refractivity contribution in [2.45, 2.75) is 17.1 Å². The van der Waals surface area contributed by atoms with Crippen LogP contribution in [0, 0.1) is 0 Å². The van der Waals surface area contributed by atoms with Crippen LogP contribution < -0.4 is 15.8 Å². The standard InChI is InChI=1S/C12H19N3O4S/c1-18-10-6-15(7-11(10)19-2)9-4-3-8(13)5-12(9)20(14,16)17/h3-5,10-11H,6-7,13H2,1-2H3,(H2,14,16,17). The molecule has 1 saturated heterocycles. The van der Waals surface area contributed by atoms with Crippen LogP contribution in [0.5, 0.6) is 0 Å². The molecule has 0 aliphatic carbocycles. The van der Waals surface area contributed by atoms with Crippen molar-refractivity contribution in [3.63, 3.8) is 0 Å². The van der Waals surface area contributed by atoms with E-state index in [1.807, 2.05) is 4.90 Å². The van der Waals surface area contributed by atoms with E-state index in [2.05, 4.69) is 0 Å². The lowest BCUT2D eigenvalue weighted by Gasteiger charge is -2.21. The van der Waals surface area contributed by atoms with E-state index in [0.29, 0.717) is 24.5 Å². The fraction of sp³-hybridized carbons (Fsp3) is 0.500. The number of nitrogens with zero attached hydrogens (tertiary/aromatic N) is 1. The predicted molar refractivity (Wildman–Crippen MR) is 76.0 cm³/mol. The monoisotopic (exact) mass is 301 g/mol. The fourth-order valence-electron chi connectivity index (χ4n) is 2.41. The third-order valence-corrected chi connectivity index (χ3v) is 4.39. The van der Waals surface area contributed by atoms with Crippen molar-refractivity contribution in [1.82, 2.24) is 0 Å². The minimum absolute atomic E-state index is 0.0177. The van der Waals surface area contributed by atoms with Crippen LogP contribution in [0.2, 0.25) is 0 Å². The van der Waals surface area contributed by atoms with Gasteiger partial charge in [0.25, 0.3) is 0 Å². The first kappa shape index (κ1) is 15.0. The van der Waals surface area contributed by atoms with Gasteiger partial charge < -0.3 is 20.1 Å². The molecule has 7 nitrogen and oxygen atoms in total. The second-order valence-corrected chi connectivity index (χ2v) is 6.26. The van der Waals surface area contributed by atoms with E-state index in [1.54, 1.807) is 26.4 Å². The second kappa shape index (κ2) is 5.57. The molecule has 2 rings (SSSR count). The minimum Gasteiger partial charge on any atom is -0.399 e. The van der Waals surface area contributed by atoms with E-state index in [4.69, 9.17) is 20.3 Å². The molecular weight excluding hydrogens is 282 g/mol. The van der Waals surface area contributed by atoms with Crippen molar-refractivity contribution in [3.8, 4) is 0 Å². The summed E-state index contributed by atoms with van der Waals surface area (Å²) in [5.74, 6) is 0. The number of hydrogen-bond acceptors (Lipinski definition) is 6. The molecular formula is C12H19N3O4S. The Morgan fingerprint density at radius 1 is 1.20 bits per heavy atom. The van der Waals surface area contributed by atoms with Gasteiger partial charge in [-0.05, 0) is 18.2 Å². The average Bonchev–Trinajstić information content (AvgIpc) is 2.80. The first-order chi connectivity index (χ1) is 9.36. The van der Waals surface area contributed by atoms with Crippen LogP contribution in [0.1, 0.15) is 0 Å². The molecule has 0 amide bonds. The molecule has 0 spiro atoms. The molecule has 0 bridgehead atoms. The van der Waals surface area contributed by atoms with Gasteiger partial charge >= 0.3 is 0 Å². The highest BCUT2D eigenvalue weighted by Crippen LogP contribution is 2.30. The van der Waals surface area contributed by atoms with Crippen molar-refractivity contribution in [2.24, 2.45) is 5.14 Å². The predicted octanol–water partition coefficient (Wildman–Crippen LogP) is -0.234. The third kappa shape index (κ3) is 2.88. The van der Waals surface area contributed by atoms with Crippen molar-refractivity contribution in [3.05, 3.63) is 18.2 Å². The maximum absolute atomic E-state index is 11.7. The summed E-state index contributed by atoms with van der Waals surface area (Å²) in [6.45, 7) is 1.06. The van der Waals surface area contributed by atoms with Crippen LogP contribution in [0.4, 0.5) is 11.4 Å². The molecule has 2 unspecified atom stereocenters. The normalized spacial score (nSPS) is 23.2. The lowest BCUT2D eigenvalue weighted by atomic mass is 10.2. The Bertz CT molecular complexity index is 578. The van der Waals surface area contributed by atoms with Gasteiger partial charge in [0.2, 0.25) is 10.0 Å². The smallest absolute Gasteiger partial charge is 0.240 e. The molecule has 1 aromatic rings. The molecule has 0 aromatic heterocycles. The Labute approximate surface area is 118 Å². The topological polar surface area (TPSA) is 108 Å². The first-order valence-electron chi connectivity index (χ1n) is 6.09. The van der Waals surface area contributed by atoms with Crippen molar-refractivity contribution in [1.29, 1.82) is 0 Å². The number of nitrogens with two attached hydrogens (primary N) is 2. The number of ether oxygens (including phenoxy) is 2. The van der Waals surface area contributed by atoms with Gasteiger partial charge in [-0.2, -0.15) is 0 Å². The maximum atomic E-state index is 11.7. The number of benzene rings is 1. The van der Waals surface area contributed by atoms with Gasteiger partial charge in [-0.25, -0.2) is 13.6 Å². The Morgan fingerprint density at radius 3 is 2.20 bits per heavy atom. The summed E-state index contributed by atoms with van der Waals surface area (Å²) in [6, 6.07) is 4.67. The summed E-state index contributed by atoms with van der Waals surface area (Å²) < 4.78 is 34.1. The quantitative estimate of drug-likeness (QED) is 0.744. The van der Waals surface area contributed by atoms with Crippen molar-refractivity contribution < 1.29 is 17.9 Å². The van der Waals surface area contributed by atoms with E-state index in [-0.39, 0.29) is 17.1 Å². The van der Waals surface area contributed by atoms with Crippen molar-refractivity contribution >= 4 is 21.4 Å². The molecule has 4 N–H and O–H groups in total. The van der Waals surface area contributed by atoms with Gasteiger partial charge in [0.15, 0.2) is 0 Å². The number of methoxy groups -OCH3 is 2. The highest BCUT2D eigenvalue weighted by molar-refractivity contribution is 7.89. The maximum Gasteiger partial charge on any atom is 0.240 e. The molecule has 20 heavy (non-hydrogen) atoms. The Balaban J connectivity index is 2.39. The summed E-state index contributed by atoms with van der Waals surface area (Å²) in [4.78, 5) is 1.89. The van der Waals surface area contributed by atoms with Crippen LogP contribution in [-0.2, 0) is 19.5 Å². The fourth-order valence-corrected chi connectivity index (χ4v) is 3.20. The zero-order valence-corrected chi connectivity index (χ0v) is 12.3. The van der Waals surface area contributed by atoms with Gasteiger partial charge in [0.1, 0.15) is 17.1 Å². The van der Waals surface area contributed by atoms with Crippen LogP contribution in [-0.4, -0.2) is 47.9 Å². The molecule has 2 atom stereocenters. The zero-order valence-electron chi connectivity index (χ0n) is 11.4. The number of nitrogen functional groups attached to an aromatic ring is 1. The number of primary sulfonamides is 1. The number of hydrogen-bond donors (Lipinski definition) is 2. The SMILES string of the molecule is COC1CN(c2ccc(N)cc2S(N)(=O)=O)CC1OC. The summed E-state index contributed by atoms with van der Waals surface area (Å²) in [6.07, 6.45) is -0.239. The lowest BCUT2D eigenvalue weighted by molar-refractivity contribution is -0.00461. The van der Waals surface area contributed by atoms with Gasteiger partial charge in [-0.15, -0.1) is 0 Å². The van der Waals surface area contributed by atoms with Crippen molar-refractivity contribution in [2.75, 3.05) is 37.9 Å². The molecule has 8 heteroatoms. The van der Waals surface area contributed by atoms with Gasteiger partial charge in [-0.3, -0.25) is 0 Å². The highest BCUT2D eigenvalue weighted by Gasteiger charge is 2.34. The molecule has 0 radical (unpaired) electrons. The van der Waals surface area contributed by atoms with Crippen LogP contribution in [0.25, 0.3) is 0 Å². The van der Waals surface area contributed by atoms with Gasteiger partial charge in [0.05, 0.1) is 5.69 Å². The second-order valence-electron chi connectivity index (χ2n) is 4.73.